The molecule has 2 amide bonds. The molecule has 7 heteroatoms. The number of amides is 2. The second-order valence-corrected chi connectivity index (χ2v) is 6.48. The van der Waals surface area contributed by atoms with Crippen LogP contribution in [0.3, 0.4) is 0 Å². The number of anilines is 1. The van der Waals surface area contributed by atoms with Gasteiger partial charge >= 0.3 is 5.97 Å². The van der Waals surface area contributed by atoms with Crippen LogP contribution < -0.4 is 9.64 Å². The number of carboxylic acid groups (broad SMARTS) is 1. The van der Waals surface area contributed by atoms with Gasteiger partial charge in [0, 0.05) is 26.1 Å². The van der Waals surface area contributed by atoms with Crippen LogP contribution >= 0.6 is 0 Å². The molecule has 0 bridgehead atoms. The maximum absolute atomic E-state index is 12.4. The molecule has 1 aromatic carbocycles. The van der Waals surface area contributed by atoms with Gasteiger partial charge in [-0.05, 0) is 25.5 Å². The number of carboxylic acids is 1. The lowest BCUT2D eigenvalue weighted by molar-refractivity contribution is -0.147. The molecule has 0 aromatic heterocycles. The lowest BCUT2D eigenvalue weighted by Gasteiger charge is -2.29. The summed E-state index contributed by atoms with van der Waals surface area (Å²) in [7, 11) is 0. The number of carbonyl (C=O) groups excluding carboxylic acids is 2. The Morgan fingerprint density at radius 2 is 2.08 bits per heavy atom. The molecule has 24 heavy (non-hydrogen) atoms. The van der Waals surface area contributed by atoms with Crippen molar-refractivity contribution in [1.29, 1.82) is 0 Å². The Hall–Kier alpha value is -2.57. The number of likely N-dealkylation sites (tertiary alicyclic amines) is 1. The van der Waals surface area contributed by atoms with E-state index in [9.17, 15) is 19.5 Å². The number of rotatable bonds is 4. The van der Waals surface area contributed by atoms with E-state index in [2.05, 4.69) is 0 Å². The van der Waals surface area contributed by atoms with Crippen LogP contribution in [0.15, 0.2) is 24.3 Å². The van der Waals surface area contributed by atoms with Crippen molar-refractivity contribution in [3.05, 3.63) is 24.3 Å². The Morgan fingerprint density at radius 1 is 1.33 bits per heavy atom. The predicted octanol–water partition coefficient (Wildman–Crippen LogP) is 1.13. The fourth-order valence-corrected chi connectivity index (χ4v) is 3.11. The van der Waals surface area contributed by atoms with E-state index in [1.165, 1.54) is 0 Å². The summed E-state index contributed by atoms with van der Waals surface area (Å²) < 4.78 is 5.37. The van der Waals surface area contributed by atoms with Crippen LogP contribution in [0.4, 0.5) is 5.69 Å². The first kappa shape index (κ1) is 16.3. The van der Waals surface area contributed by atoms with Crippen molar-refractivity contribution in [3.63, 3.8) is 0 Å². The molecule has 0 spiro atoms. The quantitative estimate of drug-likeness (QED) is 0.893. The van der Waals surface area contributed by atoms with Crippen LogP contribution in [0.1, 0.15) is 19.8 Å². The molecule has 1 atom stereocenters. The molecular weight excluding hydrogens is 312 g/mol. The van der Waals surface area contributed by atoms with Gasteiger partial charge in [0.05, 0.1) is 11.1 Å². The van der Waals surface area contributed by atoms with E-state index in [1.807, 2.05) is 12.1 Å². The number of para-hydroxylation sites is 2. The smallest absolute Gasteiger partial charge is 0.311 e. The van der Waals surface area contributed by atoms with E-state index in [-0.39, 0.29) is 37.9 Å². The predicted molar refractivity (Wildman–Crippen MR) is 85.8 cm³/mol. The van der Waals surface area contributed by atoms with Crippen molar-refractivity contribution < 1.29 is 24.2 Å². The number of nitrogens with zero attached hydrogens (tertiary/aromatic N) is 2. The third kappa shape index (κ3) is 2.93. The van der Waals surface area contributed by atoms with Crippen molar-refractivity contribution in [2.24, 2.45) is 5.41 Å². The van der Waals surface area contributed by atoms with Crippen LogP contribution in [-0.4, -0.2) is 54.0 Å². The van der Waals surface area contributed by atoms with Crippen LogP contribution in [0.25, 0.3) is 0 Å². The molecule has 128 valence electrons. The summed E-state index contributed by atoms with van der Waals surface area (Å²) >= 11 is 0. The number of benzene rings is 1. The van der Waals surface area contributed by atoms with E-state index in [0.717, 1.165) is 0 Å². The minimum absolute atomic E-state index is 0.0357. The van der Waals surface area contributed by atoms with Crippen LogP contribution in [-0.2, 0) is 14.4 Å². The van der Waals surface area contributed by atoms with E-state index in [0.29, 0.717) is 24.4 Å². The Morgan fingerprint density at radius 3 is 2.79 bits per heavy atom. The monoisotopic (exact) mass is 332 g/mol. The van der Waals surface area contributed by atoms with Crippen molar-refractivity contribution >= 4 is 23.5 Å². The first-order valence-electron chi connectivity index (χ1n) is 7.94. The van der Waals surface area contributed by atoms with E-state index < -0.39 is 11.4 Å². The van der Waals surface area contributed by atoms with Crippen LogP contribution in [0.5, 0.6) is 5.75 Å². The summed E-state index contributed by atoms with van der Waals surface area (Å²) in [4.78, 5) is 38.9. The van der Waals surface area contributed by atoms with Gasteiger partial charge in [0.2, 0.25) is 5.91 Å². The van der Waals surface area contributed by atoms with Gasteiger partial charge in [0.25, 0.3) is 5.91 Å². The van der Waals surface area contributed by atoms with Gasteiger partial charge in [0.1, 0.15) is 5.75 Å². The summed E-state index contributed by atoms with van der Waals surface area (Å²) in [6.07, 6.45) is 0.614. The Labute approximate surface area is 139 Å². The van der Waals surface area contributed by atoms with Crippen LogP contribution in [0, 0.1) is 5.41 Å². The summed E-state index contributed by atoms with van der Waals surface area (Å²) in [5, 5.41) is 9.25. The van der Waals surface area contributed by atoms with Crippen LogP contribution in [0.2, 0.25) is 0 Å². The second-order valence-electron chi connectivity index (χ2n) is 6.48. The molecule has 2 aliphatic rings. The van der Waals surface area contributed by atoms with E-state index >= 15 is 0 Å². The molecule has 0 radical (unpaired) electrons. The summed E-state index contributed by atoms with van der Waals surface area (Å²) in [6, 6.07) is 7.22. The molecule has 1 aromatic rings. The van der Waals surface area contributed by atoms with Gasteiger partial charge in [-0.15, -0.1) is 0 Å². The Bertz CT molecular complexity index is 689. The standard InChI is InChI=1S/C17H20N2O5/c1-17(16(22)23)7-9-18(11-17)14(20)6-8-19-12-4-2-3-5-13(12)24-10-15(19)21/h2-5H,6-11H2,1H3,(H,22,23). The molecular formula is C17H20N2O5. The summed E-state index contributed by atoms with van der Waals surface area (Å²) in [5.74, 6) is -0.561. The number of fused-ring (bicyclic) bond motifs is 1. The third-order valence-electron chi connectivity index (χ3n) is 4.70. The molecule has 7 nitrogen and oxygen atoms in total. The second kappa shape index (κ2) is 6.14. The van der Waals surface area contributed by atoms with Crippen molar-refractivity contribution in [2.45, 2.75) is 19.8 Å². The van der Waals surface area contributed by atoms with Gasteiger partial charge in [-0.1, -0.05) is 12.1 Å². The number of ether oxygens (including phenoxy) is 1. The normalized spacial score (nSPS) is 23.0. The van der Waals surface area contributed by atoms with Gasteiger partial charge in [-0.3, -0.25) is 14.4 Å². The fraction of sp³-hybridized carbons (Fsp3) is 0.471. The number of aliphatic carboxylic acids is 1. The lowest BCUT2D eigenvalue weighted by Crippen LogP contribution is -2.42. The zero-order chi connectivity index (χ0) is 17.3. The Balaban J connectivity index is 1.63. The van der Waals surface area contributed by atoms with Gasteiger partial charge in [-0.25, -0.2) is 0 Å². The highest BCUT2D eigenvalue weighted by Crippen LogP contribution is 2.32. The highest BCUT2D eigenvalue weighted by Gasteiger charge is 2.42. The minimum atomic E-state index is -0.880. The van der Waals surface area contributed by atoms with E-state index in [1.54, 1.807) is 28.9 Å². The minimum Gasteiger partial charge on any atom is -0.482 e. The maximum Gasteiger partial charge on any atom is 0.311 e. The number of hydrogen-bond acceptors (Lipinski definition) is 4. The average Bonchev–Trinajstić information content (AvgIpc) is 2.98. The largest absolute Gasteiger partial charge is 0.482 e. The summed E-state index contributed by atoms with van der Waals surface area (Å²) in [6.45, 7) is 2.54. The molecule has 2 aliphatic heterocycles. The molecule has 2 heterocycles. The lowest BCUT2D eigenvalue weighted by atomic mass is 9.90. The Kier molecular flexibility index (Phi) is 4.17. The van der Waals surface area contributed by atoms with Crippen molar-refractivity contribution in [3.8, 4) is 5.75 Å². The molecule has 1 N–H and O–H groups in total. The molecule has 1 fully saturated rings. The van der Waals surface area contributed by atoms with Gasteiger partial charge in [-0.2, -0.15) is 0 Å². The molecule has 3 rings (SSSR count). The van der Waals surface area contributed by atoms with Crippen molar-refractivity contribution in [2.75, 3.05) is 31.1 Å². The van der Waals surface area contributed by atoms with Gasteiger partial charge in [0.15, 0.2) is 6.61 Å². The maximum atomic E-state index is 12.4. The highest BCUT2D eigenvalue weighted by molar-refractivity contribution is 5.98. The fourth-order valence-electron chi connectivity index (χ4n) is 3.11. The number of carbonyl (C=O) groups is 3. The molecule has 0 aliphatic carbocycles. The zero-order valence-electron chi connectivity index (χ0n) is 13.5. The highest BCUT2D eigenvalue weighted by atomic mass is 16.5. The zero-order valence-corrected chi connectivity index (χ0v) is 13.5. The number of hydrogen-bond donors (Lipinski definition) is 1. The first-order chi connectivity index (χ1) is 11.4. The summed E-state index contributed by atoms with van der Waals surface area (Å²) in [5.41, 5.74) is -0.213. The molecule has 1 saturated heterocycles. The SMILES string of the molecule is CC1(C(=O)O)CCN(C(=O)CCN2C(=O)COc3ccccc32)C1. The van der Waals surface area contributed by atoms with E-state index in [4.69, 9.17) is 4.74 Å². The molecule has 1 unspecified atom stereocenters. The first-order valence-corrected chi connectivity index (χ1v) is 7.94. The third-order valence-corrected chi connectivity index (χ3v) is 4.70. The van der Waals surface area contributed by atoms with Crippen molar-refractivity contribution in [1.82, 2.24) is 4.90 Å². The van der Waals surface area contributed by atoms with Gasteiger partial charge < -0.3 is 19.6 Å². The topological polar surface area (TPSA) is 87.2 Å². The average molecular weight is 332 g/mol. The molecule has 0 saturated carbocycles.